The van der Waals surface area contributed by atoms with Crippen molar-refractivity contribution in [1.82, 2.24) is 15.8 Å². The van der Waals surface area contributed by atoms with Gasteiger partial charge < -0.3 is 19.9 Å². The zero-order valence-electron chi connectivity index (χ0n) is 16.2. The number of aromatic nitrogens is 1. The predicted octanol–water partition coefficient (Wildman–Crippen LogP) is 4.31. The van der Waals surface area contributed by atoms with Crippen LogP contribution in [0.5, 0.6) is 5.75 Å². The summed E-state index contributed by atoms with van der Waals surface area (Å²) in [4.78, 5) is 4.46. The van der Waals surface area contributed by atoms with E-state index in [2.05, 4.69) is 25.5 Å². The molecule has 1 heterocycles. The maximum atomic E-state index is 12.6. The van der Waals surface area contributed by atoms with Crippen LogP contribution in [0.1, 0.15) is 43.4 Å². The van der Waals surface area contributed by atoms with Gasteiger partial charge in [0.2, 0.25) is 0 Å². The number of halogens is 3. The van der Waals surface area contributed by atoms with Gasteiger partial charge in [-0.15, -0.1) is 0 Å². The van der Waals surface area contributed by atoms with Gasteiger partial charge in [-0.25, -0.2) is 4.99 Å². The van der Waals surface area contributed by atoms with Crippen molar-refractivity contribution in [3.05, 3.63) is 45.8 Å². The zero-order chi connectivity index (χ0) is 20.5. The van der Waals surface area contributed by atoms with Crippen LogP contribution in [-0.4, -0.2) is 24.3 Å². The van der Waals surface area contributed by atoms with Crippen LogP contribution in [0.3, 0.4) is 0 Å². The molecule has 0 spiro atoms. The fourth-order valence-electron chi connectivity index (χ4n) is 2.70. The van der Waals surface area contributed by atoms with Crippen LogP contribution in [-0.2, 0) is 25.9 Å². The second kappa shape index (κ2) is 10.8. The summed E-state index contributed by atoms with van der Waals surface area (Å²) in [7, 11) is 0. The molecular formula is C19H25ClF2N4O2. The lowest BCUT2D eigenvalue weighted by atomic mass is 10.1. The number of benzene rings is 1. The van der Waals surface area contributed by atoms with E-state index < -0.39 is 6.61 Å². The number of alkyl halides is 2. The van der Waals surface area contributed by atoms with Gasteiger partial charge in [0, 0.05) is 35.7 Å². The highest BCUT2D eigenvalue weighted by atomic mass is 35.5. The number of nitrogens with one attached hydrogen (secondary N) is 2. The molecule has 0 unspecified atom stereocenters. The smallest absolute Gasteiger partial charge is 0.387 e. The number of aliphatic imine (C=N–C) groups is 1. The van der Waals surface area contributed by atoms with Gasteiger partial charge in [0.15, 0.2) is 5.96 Å². The lowest BCUT2D eigenvalue weighted by Crippen LogP contribution is -2.37. The van der Waals surface area contributed by atoms with Gasteiger partial charge in [-0.05, 0) is 31.5 Å². The number of aryl methyl sites for hydroxylation is 2. The Morgan fingerprint density at radius 1 is 1.25 bits per heavy atom. The Labute approximate surface area is 168 Å². The van der Waals surface area contributed by atoms with Crippen molar-refractivity contribution < 1.29 is 18.0 Å². The van der Waals surface area contributed by atoms with E-state index in [0.717, 1.165) is 29.9 Å². The number of rotatable bonds is 9. The molecule has 154 valence electrons. The van der Waals surface area contributed by atoms with Crippen molar-refractivity contribution in [2.45, 2.75) is 53.3 Å². The van der Waals surface area contributed by atoms with E-state index in [-0.39, 0.29) is 12.3 Å². The fourth-order valence-corrected chi connectivity index (χ4v) is 2.89. The van der Waals surface area contributed by atoms with E-state index >= 15 is 0 Å². The molecule has 0 amide bonds. The van der Waals surface area contributed by atoms with E-state index in [1.54, 1.807) is 6.07 Å². The quantitative estimate of drug-likeness (QED) is 0.472. The minimum Gasteiger partial charge on any atom is -0.434 e. The predicted molar refractivity (Wildman–Crippen MR) is 105 cm³/mol. The minimum absolute atomic E-state index is 0.0552. The van der Waals surface area contributed by atoms with Crippen molar-refractivity contribution in [2.24, 2.45) is 4.99 Å². The zero-order valence-corrected chi connectivity index (χ0v) is 16.9. The molecule has 0 aliphatic rings. The third-order valence-electron chi connectivity index (χ3n) is 4.03. The van der Waals surface area contributed by atoms with Crippen molar-refractivity contribution in [1.29, 1.82) is 0 Å². The fraction of sp³-hybridized carbons (Fsp3) is 0.474. The van der Waals surface area contributed by atoms with Gasteiger partial charge in [0.1, 0.15) is 11.5 Å². The molecule has 0 atom stereocenters. The number of hydrogen-bond acceptors (Lipinski definition) is 4. The maximum absolute atomic E-state index is 12.6. The first-order valence-corrected chi connectivity index (χ1v) is 9.57. The Morgan fingerprint density at radius 2 is 2.04 bits per heavy atom. The molecule has 0 fully saturated rings. The first-order chi connectivity index (χ1) is 13.5. The normalized spacial score (nSPS) is 11.8. The molecule has 0 aliphatic heterocycles. The molecular weight excluding hydrogens is 390 g/mol. The molecule has 9 heteroatoms. The van der Waals surface area contributed by atoms with Gasteiger partial charge >= 0.3 is 6.61 Å². The Bertz CT molecular complexity index is 775. The maximum Gasteiger partial charge on any atom is 0.387 e. The SMILES string of the molecule is CCNC(=NCc1cc(Cl)ccc1OC(F)F)NCc1c(CC)noc1CC. The van der Waals surface area contributed by atoms with Crippen LogP contribution in [0.15, 0.2) is 27.7 Å². The highest BCUT2D eigenvalue weighted by Gasteiger charge is 2.14. The van der Waals surface area contributed by atoms with Crippen molar-refractivity contribution in [3.8, 4) is 5.75 Å². The summed E-state index contributed by atoms with van der Waals surface area (Å²) in [5, 5.41) is 10.9. The Morgan fingerprint density at radius 3 is 2.68 bits per heavy atom. The number of hydrogen-bond donors (Lipinski definition) is 2. The van der Waals surface area contributed by atoms with Gasteiger partial charge in [-0.1, -0.05) is 30.6 Å². The van der Waals surface area contributed by atoms with Gasteiger partial charge in [-0.3, -0.25) is 0 Å². The summed E-state index contributed by atoms with van der Waals surface area (Å²) in [5.74, 6) is 1.43. The molecule has 0 saturated carbocycles. The molecule has 1 aromatic heterocycles. The number of guanidine groups is 1. The number of ether oxygens (including phenoxy) is 1. The third kappa shape index (κ3) is 6.09. The summed E-state index contributed by atoms with van der Waals surface area (Å²) in [6.45, 7) is 4.32. The molecule has 0 radical (unpaired) electrons. The van der Waals surface area contributed by atoms with E-state index in [4.69, 9.17) is 16.1 Å². The van der Waals surface area contributed by atoms with Crippen molar-refractivity contribution in [2.75, 3.05) is 6.54 Å². The van der Waals surface area contributed by atoms with Gasteiger partial charge in [-0.2, -0.15) is 8.78 Å². The van der Waals surface area contributed by atoms with Crippen LogP contribution in [0, 0.1) is 0 Å². The van der Waals surface area contributed by atoms with Gasteiger partial charge in [0.05, 0.1) is 12.2 Å². The van der Waals surface area contributed by atoms with E-state index in [1.165, 1.54) is 12.1 Å². The third-order valence-corrected chi connectivity index (χ3v) is 4.27. The first-order valence-electron chi connectivity index (χ1n) is 9.20. The summed E-state index contributed by atoms with van der Waals surface area (Å²) >= 11 is 5.99. The van der Waals surface area contributed by atoms with Crippen LogP contribution >= 0.6 is 11.6 Å². The Kier molecular flexibility index (Phi) is 8.50. The molecule has 0 bridgehead atoms. The molecule has 2 N–H and O–H groups in total. The molecule has 2 aromatic rings. The second-order valence-electron chi connectivity index (χ2n) is 5.92. The number of nitrogens with zero attached hydrogens (tertiary/aromatic N) is 2. The average molecular weight is 415 g/mol. The highest BCUT2D eigenvalue weighted by molar-refractivity contribution is 6.30. The summed E-state index contributed by atoms with van der Waals surface area (Å²) in [6, 6.07) is 4.48. The van der Waals surface area contributed by atoms with Gasteiger partial charge in [0.25, 0.3) is 0 Å². The van der Waals surface area contributed by atoms with Crippen LogP contribution in [0.4, 0.5) is 8.78 Å². The summed E-state index contributed by atoms with van der Waals surface area (Å²) in [6.07, 6.45) is 1.51. The molecule has 2 rings (SSSR count). The van der Waals surface area contributed by atoms with Crippen molar-refractivity contribution >= 4 is 17.6 Å². The Hall–Kier alpha value is -2.35. The summed E-state index contributed by atoms with van der Waals surface area (Å²) in [5.41, 5.74) is 2.39. The topological polar surface area (TPSA) is 71.7 Å². The monoisotopic (exact) mass is 414 g/mol. The average Bonchev–Trinajstić information content (AvgIpc) is 3.07. The van der Waals surface area contributed by atoms with E-state index in [9.17, 15) is 8.78 Å². The van der Waals surface area contributed by atoms with E-state index in [1.807, 2.05) is 20.8 Å². The molecule has 0 saturated heterocycles. The molecule has 28 heavy (non-hydrogen) atoms. The van der Waals surface area contributed by atoms with Crippen LogP contribution in [0.25, 0.3) is 0 Å². The standard InChI is InChI=1S/C19H25ClF2N4O2/c1-4-15-14(16(5-2)28-26-15)11-25-19(23-6-3)24-10-12-9-13(20)7-8-17(12)27-18(21)22/h7-9,18H,4-6,10-11H2,1-3H3,(H2,23,24,25). The highest BCUT2D eigenvalue weighted by Crippen LogP contribution is 2.25. The lowest BCUT2D eigenvalue weighted by molar-refractivity contribution is -0.0504. The van der Waals surface area contributed by atoms with Crippen LogP contribution < -0.4 is 15.4 Å². The van der Waals surface area contributed by atoms with E-state index in [0.29, 0.717) is 29.6 Å². The second-order valence-corrected chi connectivity index (χ2v) is 6.35. The minimum atomic E-state index is -2.91. The first kappa shape index (κ1) is 21.9. The van der Waals surface area contributed by atoms with Crippen molar-refractivity contribution in [3.63, 3.8) is 0 Å². The largest absolute Gasteiger partial charge is 0.434 e. The van der Waals surface area contributed by atoms with Crippen LogP contribution in [0.2, 0.25) is 5.02 Å². The molecule has 0 aliphatic carbocycles. The molecule has 6 nitrogen and oxygen atoms in total. The lowest BCUT2D eigenvalue weighted by Gasteiger charge is -2.13. The molecule has 1 aromatic carbocycles. The Balaban J connectivity index is 2.15. The summed E-state index contributed by atoms with van der Waals surface area (Å²) < 4.78 is 35.1.